The summed E-state index contributed by atoms with van der Waals surface area (Å²) in [5.74, 6) is 1.35. The SMILES string of the molecule is O=C(CN1CCN(CC(O)C2COc3ccccc3O2)CC1)Nc1ccc(C=S)cc1. The van der Waals surface area contributed by atoms with E-state index in [0.717, 1.165) is 37.4 Å². The highest BCUT2D eigenvalue weighted by molar-refractivity contribution is 7.79. The zero-order valence-electron chi connectivity index (χ0n) is 17.3. The average Bonchev–Trinajstić information content (AvgIpc) is 2.80. The number of anilines is 1. The van der Waals surface area contributed by atoms with Crippen LogP contribution in [0, 0.1) is 0 Å². The van der Waals surface area contributed by atoms with Crippen LogP contribution in [0.25, 0.3) is 0 Å². The van der Waals surface area contributed by atoms with Crippen molar-refractivity contribution in [3.05, 3.63) is 54.1 Å². The van der Waals surface area contributed by atoms with Gasteiger partial charge in [-0.1, -0.05) is 36.5 Å². The van der Waals surface area contributed by atoms with Gasteiger partial charge in [-0.25, -0.2) is 0 Å². The van der Waals surface area contributed by atoms with Gasteiger partial charge in [0.05, 0.1) is 6.54 Å². The van der Waals surface area contributed by atoms with Crippen LogP contribution in [-0.2, 0) is 4.79 Å². The Kier molecular flexibility index (Phi) is 7.14. The van der Waals surface area contributed by atoms with E-state index in [9.17, 15) is 9.90 Å². The molecule has 0 bridgehead atoms. The Morgan fingerprint density at radius 3 is 2.48 bits per heavy atom. The van der Waals surface area contributed by atoms with Crippen LogP contribution >= 0.6 is 12.2 Å². The first-order valence-electron chi connectivity index (χ1n) is 10.5. The molecule has 2 aromatic carbocycles. The molecule has 2 unspecified atom stereocenters. The maximum Gasteiger partial charge on any atom is 0.238 e. The van der Waals surface area contributed by atoms with Crippen LogP contribution in [0.4, 0.5) is 5.69 Å². The Hall–Kier alpha value is -2.52. The number of ether oxygens (including phenoxy) is 2. The Labute approximate surface area is 187 Å². The number of carbonyl (C=O) groups excluding carboxylic acids is 1. The van der Waals surface area contributed by atoms with E-state index < -0.39 is 6.10 Å². The van der Waals surface area contributed by atoms with E-state index >= 15 is 0 Å². The van der Waals surface area contributed by atoms with Crippen LogP contribution < -0.4 is 14.8 Å². The van der Waals surface area contributed by atoms with E-state index in [-0.39, 0.29) is 12.0 Å². The van der Waals surface area contributed by atoms with Crippen molar-refractivity contribution in [2.24, 2.45) is 0 Å². The lowest BCUT2D eigenvalue weighted by molar-refractivity contribution is -0.117. The molecule has 0 aromatic heterocycles. The number of nitrogens with zero attached hydrogens (tertiary/aromatic N) is 2. The molecule has 2 aliphatic rings. The molecule has 1 saturated heterocycles. The molecule has 2 aliphatic heterocycles. The highest BCUT2D eigenvalue weighted by Crippen LogP contribution is 2.31. The third-order valence-electron chi connectivity index (χ3n) is 5.57. The molecule has 2 N–H and O–H groups in total. The number of fused-ring (bicyclic) bond motifs is 1. The summed E-state index contributed by atoms with van der Waals surface area (Å²) in [6.07, 6.45) is -1.03. The molecule has 0 aliphatic carbocycles. The van der Waals surface area contributed by atoms with Crippen molar-refractivity contribution in [3.8, 4) is 11.5 Å². The fraction of sp³-hybridized carbons (Fsp3) is 0.391. The Balaban J connectivity index is 1.19. The molecule has 164 valence electrons. The quantitative estimate of drug-likeness (QED) is 0.635. The number of carbonyl (C=O) groups is 1. The molecule has 2 atom stereocenters. The van der Waals surface area contributed by atoms with Gasteiger partial charge in [-0.15, -0.1) is 0 Å². The largest absolute Gasteiger partial charge is 0.486 e. The zero-order chi connectivity index (χ0) is 21.6. The van der Waals surface area contributed by atoms with E-state index in [1.54, 1.807) is 5.37 Å². The smallest absolute Gasteiger partial charge is 0.238 e. The van der Waals surface area contributed by atoms with Crippen LogP contribution in [0.2, 0.25) is 0 Å². The molecular formula is C23H27N3O4S. The second-order valence-electron chi connectivity index (χ2n) is 7.85. The van der Waals surface area contributed by atoms with Crippen molar-refractivity contribution in [1.82, 2.24) is 9.80 Å². The number of nitrogens with one attached hydrogen (secondary N) is 1. The summed E-state index contributed by atoms with van der Waals surface area (Å²) in [5.41, 5.74) is 1.71. The minimum absolute atomic E-state index is 0.0324. The van der Waals surface area contributed by atoms with Crippen LogP contribution in [0.3, 0.4) is 0 Å². The molecule has 0 spiro atoms. The maximum atomic E-state index is 12.3. The zero-order valence-corrected chi connectivity index (χ0v) is 18.1. The highest BCUT2D eigenvalue weighted by Gasteiger charge is 2.30. The van der Waals surface area contributed by atoms with Crippen molar-refractivity contribution in [2.75, 3.05) is 51.2 Å². The second kappa shape index (κ2) is 10.2. The topological polar surface area (TPSA) is 74.3 Å². The van der Waals surface area contributed by atoms with E-state index in [2.05, 4.69) is 15.1 Å². The van der Waals surface area contributed by atoms with E-state index in [4.69, 9.17) is 21.7 Å². The average molecular weight is 442 g/mol. The second-order valence-corrected chi connectivity index (χ2v) is 8.08. The van der Waals surface area contributed by atoms with Gasteiger partial charge in [0.15, 0.2) is 17.6 Å². The molecule has 31 heavy (non-hydrogen) atoms. The lowest BCUT2D eigenvalue weighted by Crippen LogP contribution is -2.53. The Morgan fingerprint density at radius 2 is 1.77 bits per heavy atom. The maximum absolute atomic E-state index is 12.3. The number of hydrogen-bond acceptors (Lipinski definition) is 7. The van der Waals surface area contributed by atoms with Gasteiger partial charge in [-0.2, -0.15) is 0 Å². The number of β-amino-alcohol motifs (C(OH)–C–C–N with tert-alkyl or cyclic N) is 1. The minimum Gasteiger partial charge on any atom is -0.486 e. The summed E-state index contributed by atoms with van der Waals surface area (Å²) in [6.45, 7) is 4.33. The van der Waals surface area contributed by atoms with Crippen LogP contribution in [-0.4, -0.2) is 84.3 Å². The van der Waals surface area contributed by atoms with Gasteiger partial charge < -0.3 is 19.9 Å². The van der Waals surface area contributed by atoms with E-state index in [0.29, 0.717) is 31.2 Å². The summed E-state index contributed by atoms with van der Waals surface area (Å²) < 4.78 is 11.6. The standard InChI is InChI=1S/C23H27N3O4S/c27-19(22-15-29-20-3-1-2-4-21(20)30-22)13-25-9-11-26(12-10-25)14-23(28)24-18-7-5-17(16-31)6-8-18/h1-8,16,19,22,27H,9-15H2,(H,24,28). The number of aliphatic hydroxyl groups is 1. The molecule has 1 fully saturated rings. The fourth-order valence-electron chi connectivity index (χ4n) is 3.79. The molecule has 0 saturated carbocycles. The van der Waals surface area contributed by atoms with Gasteiger partial charge >= 0.3 is 0 Å². The highest BCUT2D eigenvalue weighted by atomic mass is 32.1. The number of aliphatic hydroxyl groups excluding tert-OH is 1. The number of rotatable bonds is 7. The number of thiocarbonyl (C=S) groups is 1. The summed E-state index contributed by atoms with van der Waals surface area (Å²) in [5, 5.41) is 15.2. The van der Waals surface area contributed by atoms with Crippen molar-refractivity contribution in [2.45, 2.75) is 12.2 Å². The van der Waals surface area contributed by atoms with E-state index in [1.165, 1.54) is 0 Å². The summed E-state index contributed by atoms with van der Waals surface area (Å²) >= 11 is 4.89. The normalized spacial score (nSPS) is 20.1. The first-order valence-corrected chi connectivity index (χ1v) is 10.9. The predicted molar refractivity (Wildman–Crippen MR) is 123 cm³/mol. The molecule has 7 nitrogen and oxygen atoms in total. The third kappa shape index (κ3) is 5.80. The Bertz CT molecular complexity index is 900. The lowest BCUT2D eigenvalue weighted by atomic mass is 10.1. The van der Waals surface area contributed by atoms with Crippen molar-refractivity contribution in [3.63, 3.8) is 0 Å². The first kappa shape index (κ1) is 21.7. The van der Waals surface area contributed by atoms with Gasteiger partial charge in [0, 0.05) is 43.8 Å². The predicted octanol–water partition coefficient (Wildman–Crippen LogP) is 1.79. The third-order valence-corrected chi connectivity index (χ3v) is 5.84. The Morgan fingerprint density at radius 1 is 1.10 bits per heavy atom. The summed E-state index contributed by atoms with van der Waals surface area (Å²) in [4.78, 5) is 16.7. The fourth-order valence-corrected chi connectivity index (χ4v) is 3.94. The molecule has 2 aromatic rings. The van der Waals surface area contributed by atoms with Crippen molar-refractivity contribution in [1.29, 1.82) is 0 Å². The monoisotopic (exact) mass is 441 g/mol. The minimum atomic E-state index is -0.640. The van der Waals surface area contributed by atoms with Crippen LogP contribution in [0.1, 0.15) is 5.56 Å². The number of piperazine rings is 1. The first-order chi connectivity index (χ1) is 15.1. The lowest BCUT2D eigenvalue weighted by Gasteiger charge is -2.37. The van der Waals surface area contributed by atoms with Gasteiger partial charge in [0.25, 0.3) is 0 Å². The molecule has 0 radical (unpaired) electrons. The molecular weight excluding hydrogens is 414 g/mol. The van der Waals surface area contributed by atoms with Gasteiger partial charge in [-0.3, -0.25) is 14.6 Å². The number of hydrogen-bond donors (Lipinski definition) is 2. The van der Waals surface area contributed by atoms with Crippen molar-refractivity contribution >= 4 is 29.2 Å². The molecule has 8 heteroatoms. The molecule has 4 rings (SSSR count). The van der Waals surface area contributed by atoms with Crippen LogP contribution in [0.15, 0.2) is 48.5 Å². The molecule has 2 heterocycles. The number of amides is 1. The van der Waals surface area contributed by atoms with Gasteiger partial charge in [0.2, 0.25) is 5.91 Å². The van der Waals surface area contributed by atoms with E-state index in [1.807, 2.05) is 48.5 Å². The number of para-hydroxylation sites is 2. The molecule has 1 amide bonds. The van der Waals surface area contributed by atoms with Gasteiger partial charge in [-0.05, 0) is 29.8 Å². The number of benzene rings is 2. The summed E-state index contributed by atoms with van der Waals surface area (Å²) in [6, 6.07) is 15.0. The van der Waals surface area contributed by atoms with Gasteiger partial charge in [0.1, 0.15) is 12.7 Å². The van der Waals surface area contributed by atoms with Crippen molar-refractivity contribution < 1.29 is 19.4 Å². The summed E-state index contributed by atoms with van der Waals surface area (Å²) in [7, 11) is 0. The van der Waals surface area contributed by atoms with Crippen LogP contribution in [0.5, 0.6) is 11.5 Å².